The van der Waals surface area contributed by atoms with Gasteiger partial charge in [0.2, 0.25) is 5.91 Å². The van der Waals surface area contributed by atoms with E-state index >= 15 is 0 Å². The van der Waals surface area contributed by atoms with Crippen molar-refractivity contribution in [1.82, 2.24) is 5.32 Å². The van der Waals surface area contributed by atoms with Crippen molar-refractivity contribution in [2.24, 2.45) is 5.92 Å². The minimum Gasteiger partial charge on any atom is -0.482 e. The maximum atomic E-state index is 12.3. The SMILES string of the molecule is CC(NC(=O)CC1CC(c2ccccc2)C1)c1ccc(OCC(=O)O)cc1. The van der Waals surface area contributed by atoms with Crippen LogP contribution in [-0.2, 0) is 9.59 Å². The van der Waals surface area contributed by atoms with Crippen molar-refractivity contribution < 1.29 is 19.4 Å². The standard InChI is InChI=1S/C22H25NO4/c1-15(17-7-9-20(10-8-17)27-14-22(25)26)23-21(24)13-16-11-19(12-16)18-5-3-2-4-6-18/h2-10,15-16,19H,11-14H2,1H3,(H,23,24)(H,25,26). The smallest absolute Gasteiger partial charge is 0.341 e. The zero-order valence-electron chi connectivity index (χ0n) is 15.4. The number of hydrogen-bond acceptors (Lipinski definition) is 3. The number of nitrogens with one attached hydrogen (secondary N) is 1. The first kappa shape index (κ1) is 19.0. The molecule has 0 radical (unpaired) electrons. The maximum absolute atomic E-state index is 12.3. The van der Waals surface area contributed by atoms with Crippen molar-refractivity contribution >= 4 is 11.9 Å². The largest absolute Gasteiger partial charge is 0.482 e. The molecule has 1 aliphatic carbocycles. The lowest BCUT2D eigenvalue weighted by Crippen LogP contribution is -2.32. The molecule has 1 unspecified atom stereocenters. The molecule has 1 fully saturated rings. The van der Waals surface area contributed by atoms with Gasteiger partial charge >= 0.3 is 5.97 Å². The van der Waals surface area contributed by atoms with Crippen LogP contribution in [-0.4, -0.2) is 23.6 Å². The normalized spacial score (nSPS) is 19.6. The van der Waals surface area contributed by atoms with Gasteiger partial charge in [0, 0.05) is 6.42 Å². The van der Waals surface area contributed by atoms with Crippen LogP contribution in [0.15, 0.2) is 54.6 Å². The Hall–Kier alpha value is -2.82. The number of ether oxygens (including phenoxy) is 1. The molecule has 142 valence electrons. The summed E-state index contributed by atoms with van der Waals surface area (Å²) >= 11 is 0. The Morgan fingerprint density at radius 1 is 1.11 bits per heavy atom. The second kappa shape index (κ2) is 8.71. The van der Waals surface area contributed by atoms with Crippen LogP contribution in [0.5, 0.6) is 5.75 Å². The van der Waals surface area contributed by atoms with Crippen molar-refractivity contribution in [1.29, 1.82) is 0 Å². The summed E-state index contributed by atoms with van der Waals surface area (Å²) in [6, 6.07) is 17.5. The second-order valence-corrected chi connectivity index (χ2v) is 7.19. The highest BCUT2D eigenvalue weighted by Crippen LogP contribution is 2.43. The van der Waals surface area contributed by atoms with Gasteiger partial charge in [0.15, 0.2) is 6.61 Å². The molecule has 2 aromatic rings. The summed E-state index contributed by atoms with van der Waals surface area (Å²) < 4.78 is 5.12. The van der Waals surface area contributed by atoms with Gasteiger partial charge in [0.05, 0.1) is 6.04 Å². The van der Waals surface area contributed by atoms with E-state index in [9.17, 15) is 9.59 Å². The van der Waals surface area contributed by atoms with Crippen molar-refractivity contribution in [3.8, 4) is 5.75 Å². The summed E-state index contributed by atoms with van der Waals surface area (Å²) in [5, 5.41) is 11.7. The van der Waals surface area contributed by atoms with Crippen molar-refractivity contribution in [2.75, 3.05) is 6.61 Å². The van der Waals surface area contributed by atoms with Crippen molar-refractivity contribution in [2.45, 2.75) is 38.1 Å². The molecular formula is C22H25NO4. The molecule has 0 heterocycles. The molecule has 27 heavy (non-hydrogen) atoms. The number of hydrogen-bond donors (Lipinski definition) is 2. The van der Waals surface area contributed by atoms with Gasteiger partial charge in [0.1, 0.15) is 5.75 Å². The molecule has 0 spiro atoms. The predicted octanol–water partition coefficient (Wildman–Crippen LogP) is 3.91. The zero-order chi connectivity index (χ0) is 19.2. The molecule has 1 atom stereocenters. The van der Waals surface area contributed by atoms with Crippen LogP contribution in [0.3, 0.4) is 0 Å². The first-order valence-corrected chi connectivity index (χ1v) is 9.30. The summed E-state index contributed by atoms with van der Waals surface area (Å²) in [4.78, 5) is 22.8. The van der Waals surface area contributed by atoms with Gasteiger partial charge in [-0.15, -0.1) is 0 Å². The third kappa shape index (κ3) is 5.33. The third-order valence-corrected chi connectivity index (χ3v) is 5.10. The van der Waals surface area contributed by atoms with E-state index in [1.54, 1.807) is 12.1 Å². The van der Waals surface area contributed by atoms with Gasteiger partial charge in [-0.2, -0.15) is 0 Å². The lowest BCUT2D eigenvalue weighted by atomic mass is 9.70. The minimum absolute atomic E-state index is 0.0743. The maximum Gasteiger partial charge on any atom is 0.341 e. The number of benzene rings is 2. The Morgan fingerprint density at radius 3 is 2.41 bits per heavy atom. The van der Waals surface area contributed by atoms with Crippen LogP contribution >= 0.6 is 0 Å². The number of amides is 1. The molecule has 2 aromatic carbocycles. The molecule has 1 aliphatic rings. The monoisotopic (exact) mass is 367 g/mol. The average Bonchev–Trinajstić information content (AvgIpc) is 2.63. The summed E-state index contributed by atoms with van der Waals surface area (Å²) in [5.41, 5.74) is 2.33. The van der Waals surface area contributed by atoms with Crippen LogP contribution < -0.4 is 10.1 Å². The van der Waals surface area contributed by atoms with Crippen LogP contribution in [0.2, 0.25) is 0 Å². The highest BCUT2D eigenvalue weighted by atomic mass is 16.5. The van der Waals surface area contributed by atoms with Gasteiger partial charge in [-0.3, -0.25) is 4.79 Å². The molecule has 3 rings (SSSR count). The molecule has 0 bridgehead atoms. The highest BCUT2D eigenvalue weighted by Gasteiger charge is 2.31. The Labute approximate surface area is 159 Å². The number of carbonyl (C=O) groups excluding carboxylic acids is 1. The van der Waals surface area contributed by atoms with Gasteiger partial charge < -0.3 is 15.2 Å². The number of carboxylic acid groups (broad SMARTS) is 1. The molecule has 5 heteroatoms. The summed E-state index contributed by atoms with van der Waals surface area (Å²) in [7, 11) is 0. The lowest BCUT2D eigenvalue weighted by Gasteiger charge is -2.35. The minimum atomic E-state index is -1.01. The third-order valence-electron chi connectivity index (χ3n) is 5.10. The van der Waals surface area contributed by atoms with Crippen LogP contribution in [0.25, 0.3) is 0 Å². The van der Waals surface area contributed by atoms with Crippen molar-refractivity contribution in [3.63, 3.8) is 0 Å². The fraction of sp³-hybridized carbons (Fsp3) is 0.364. The van der Waals surface area contributed by atoms with E-state index in [1.807, 2.05) is 25.1 Å². The zero-order valence-corrected chi connectivity index (χ0v) is 15.4. The fourth-order valence-electron chi connectivity index (χ4n) is 3.54. The molecule has 5 nitrogen and oxygen atoms in total. The lowest BCUT2D eigenvalue weighted by molar-refractivity contribution is -0.139. The van der Waals surface area contributed by atoms with Gasteiger partial charge in [-0.05, 0) is 54.9 Å². The van der Waals surface area contributed by atoms with E-state index in [0.29, 0.717) is 24.0 Å². The van der Waals surface area contributed by atoms with E-state index in [0.717, 1.165) is 18.4 Å². The molecule has 0 saturated heterocycles. The second-order valence-electron chi connectivity index (χ2n) is 7.19. The first-order valence-electron chi connectivity index (χ1n) is 9.30. The van der Waals surface area contributed by atoms with Gasteiger partial charge in [-0.1, -0.05) is 42.5 Å². The van der Waals surface area contributed by atoms with E-state index in [2.05, 4.69) is 29.6 Å². The van der Waals surface area contributed by atoms with E-state index in [-0.39, 0.29) is 18.6 Å². The van der Waals surface area contributed by atoms with Crippen LogP contribution in [0.4, 0.5) is 0 Å². The topological polar surface area (TPSA) is 75.6 Å². The summed E-state index contributed by atoms with van der Waals surface area (Å²) in [6.07, 6.45) is 2.70. The first-order chi connectivity index (χ1) is 13.0. The highest BCUT2D eigenvalue weighted by molar-refractivity contribution is 5.76. The molecule has 0 aliphatic heterocycles. The summed E-state index contributed by atoms with van der Waals surface area (Å²) in [6.45, 7) is 1.58. The number of aliphatic carboxylic acids is 1. The van der Waals surface area contributed by atoms with Crippen molar-refractivity contribution in [3.05, 3.63) is 65.7 Å². The van der Waals surface area contributed by atoms with Crippen LogP contribution in [0, 0.1) is 5.92 Å². The number of carboxylic acids is 1. The number of rotatable bonds is 8. The molecule has 2 N–H and O–H groups in total. The van der Waals surface area contributed by atoms with E-state index < -0.39 is 5.97 Å². The molecule has 1 saturated carbocycles. The number of carbonyl (C=O) groups is 2. The van der Waals surface area contributed by atoms with Gasteiger partial charge in [-0.25, -0.2) is 4.79 Å². The Kier molecular flexibility index (Phi) is 6.12. The predicted molar refractivity (Wildman–Crippen MR) is 103 cm³/mol. The Morgan fingerprint density at radius 2 is 1.78 bits per heavy atom. The molecule has 0 aromatic heterocycles. The quantitative estimate of drug-likeness (QED) is 0.742. The Bertz CT molecular complexity index is 767. The average molecular weight is 367 g/mol. The van der Waals surface area contributed by atoms with Crippen LogP contribution in [0.1, 0.15) is 49.3 Å². The molecular weight excluding hydrogens is 342 g/mol. The van der Waals surface area contributed by atoms with E-state index in [4.69, 9.17) is 9.84 Å². The van der Waals surface area contributed by atoms with Gasteiger partial charge in [0.25, 0.3) is 0 Å². The Balaban J connectivity index is 1.42. The van der Waals surface area contributed by atoms with E-state index in [1.165, 1.54) is 5.56 Å². The molecule has 1 amide bonds. The fourth-order valence-corrected chi connectivity index (χ4v) is 3.54. The summed E-state index contributed by atoms with van der Waals surface area (Å²) in [5.74, 6) is 0.602.